The smallest absolute Gasteiger partial charge is 0.203 e. The lowest BCUT2D eigenvalue weighted by Gasteiger charge is -2.10. The molecule has 0 radical (unpaired) electrons. The Labute approximate surface area is 103 Å². The summed E-state index contributed by atoms with van der Waals surface area (Å²) in [6.45, 7) is 8.83. The summed E-state index contributed by atoms with van der Waals surface area (Å²) in [6.07, 6.45) is 4.63. The van der Waals surface area contributed by atoms with Crippen LogP contribution in [0.5, 0.6) is 0 Å². The van der Waals surface area contributed by atoms with Crippen molar-refractivity contribution in [3.05, 3.63) is 11.9 Å². The number of imidazole rings is 1. The van der Waals surface area contributed by atoms with Gasteiger partial charge in [-0.2, -0.15) is 0 Å². The van der Waals surface area contributed by atoms with Gasteiger partial charge in [-0.3, -0.25) is 0 Å². The van der Waals surface area contributed by atoms with Crippen molar-refractivity contribution >= 4 is 5.95 Å². The van der Waals surface area contributed by atoms with E-state index >= 15 is 0 Å². The zero-order valence-corrected chi connectivity index (χ0v) is 11.1. The van der Waals surface area contributed by atoms with Gasteiger partial charge in [0.05, 0.1) is 12.3 Å². The molecule has 4 heteroatoms. The van der Waals surface area contributed by atoms with Crippen LogP contribution in [0.1, 0.15) is 32.4 Å². The second kappa shape index (κ2) is 5.54. The number of anilines is 1. The van der Waals surface area contributed by atoms with Crippen molar-refractivity contribution in [2.75, 3.05) is 18.5 Å². The SMILES string of the molecule is Cc1cn(CCOCC(C)C)c(NC2CC2)n1. The van der Waals surface area contributed by atoms with E-state index in [1.165, 1.54) is 12.8 Å². The highest BCUT2D eigenvalue weighted by Gasteiger charge is 2.22. The van der Waals surface area contributed by atoms with E-state index in [2.05, 4.69) is 34.9 Å². The molecule has 1 N–H and O–H groups in total. The summed E-state index contributed by atoms with van der Waals surface area (Å²) in [5.41, 5.74) is 1.07. The number of nitrogens with one attached hydrogen (secondary N) is 1. The van der Waals surface area contributed by atoms with E-state index in [1.54, 1.807) is 0 Å². The van der Waals surface area contributed by atoms with Crippen LogP contribution < -0.4 is 5.32 Å². The summed E-state index contributed by atoms with van der Waals surface area (Å²) in [7, 11) is 0. The van der Waals surface area contributed by atoms with Crippen molar-refractivity contribution in [1.29, 1.82) is 0 Å². The first-order valence-electron chi connectivity index (χ1n) is 6.53. The number of aromatic nitrogens is 2. The fourth-order valence-electron chi connectivity index (χ4n) is 1.72. The summed E-state index contributed by atoms with van der Waals surface area (Å²) in [5.74, 6) is 1.60. The van der Waals surface area contributed by atoms with Gasteiger partial charge in [0.25, 0.3) is 0 Å². The second-order valence-electron chi connectivity index (χ2n) is 5.29. The van der Waals surface area contributed by atoms with Crippen LogP contribution in [-0.4, -0.2) is 28.8 Å². The summed E-state index contributed by atoms with van der Waals surface area (Å²) in [5, 5.41) is 3.45. The fraction of sp³-hybridized carbons (Fsp3) is 0.769. The number of hydrogen-bond acceptors (Lipinski definition) is 3. The van der Waals surface area contributed by atoms with E-state index in [1.807, 2.05) is 6.92 Å². The minimum Gasteiger partial charge on any atom is -0.379 e. The molecule has 96 valence electrons. The van der Waals surface area contributed by atoms with Gasteiger partial charge in [-0.15, -0.1) is 0 Å². The Bertz CT molecular complexity index is 356. The third-order valence-electron chi connectivity index (χ3n) is 2.74. The molecule has 1 saturated carbocycles. The first kappa shape index (κ1) is 12.4. The molecule has 4 nitrogen and oxygen atoms in total. The van der Waals surface area contributed by atoms with Crippen molar-refractivity contribution in [2.24, 2.45) is 5.92 Å². The maximum atomic E-state index is 5.61. The average molecular weight is 237 g/mol. The van der Waals surface area contributed by atoms with E-state index in [0.29, 0.717) is 12.0 Å². The van der Waals surface area contributed by atoms with Gasteiger partial charge in [-0.1, -0.05) is 13.8 Å². The lowest BCUT2D eigenvalue weighted by molar-refractivity contribution is 0.103. The number of rotatable bonds is 7. The highest BCUT2D eigenvalue weighted by Crippen LogP contribution is 2.24. The first-order chi connectivity index (χ1) is 8.15. The Morgan fingerprint density at radius 2 is 2.29 bits per heavy atom. The second-order valence-corrected chi connectivity index (χ2v) is 5.29. The molecule has 0 spiro atoms. The topological polar surface area (TPSA) is 39.1 Å². The summed E-state index contributed by atoms with van der Waals surface area (Å²) in [6, 6.07) is 0.645. The molecule has 2 rings (SSSR count). The summed E-state index contributed by atoms with van der Waals surface area (Å²) >= 11 is 0. The van der Waals surface area contributed by atoms with Crippen molar-refractivity contribution in [1.82, 2.24) is 9.55 Å². The van der Waals surface area contributed by atoms with Crippen molar-refractivity contribution in [3.8, 4) is 0 Å². The largest absolute Gasteiger partial charge is 0.379 e. The Morgan fingerprint density at radius 3 is 2.94 bits per heavy atom. The molecular weight excluding hydrogens is 214 g/mol. The monoisotopic (exact) mass is 237 g/mol. The minimum absolute atomic E-state index is 0.601. The number of ether oxygens (including phenoxy) is 1. The molecule has 1 aliphatic rings. The molecule has 0 aliphatic heterocycles. The van der Waals surface area contributed by atoms with Crippen LogP contribution in [-0.2, 0) is 11.3 Å². The van der Waals surface area contributed by atoms with Gasteiger partial charge < -0.3 is 14.6 Å². The van der Waals surface area contributed by atoms with Gasteiger partial charge in [0.15, 0.2) is 0 Å². The van der Waals surface area contributed by atoms with E-state index in [0.717, 1.165) is 31.4 Å². The Balaban J connectivity index is 1.81. The fourth-order valence-corrected chi connectivity index (χ4v) is 1.72. The van der Waals surface area contributed by atoms with Gasteiger partial charge in [-0.05, 0) is 25.7 Å². The van der Waals surface area contributed by atoms with Crippen LogP contribution in [0.4, 0.5) is 5.95 Å². The van der Waals surface area contributed by atoms with Gasteiger partial charge in [-0.25, -0.2) is 4.98 Å². The maximum Gasteiger partial charge on any atom is 0.203 e. The molecule has 1 aliphatic carbocycles. The van der Waals surface area contributed by atoms with E-state index in [-0.39, 0.29) is 0 Å². The van der Waals surface area contributed by atoms with Crippen molar-refractivity contribution in [2.45, 2.75) is 46.2 Å². The van der Waals surface area contributed by atoms with Gasteiger partial charge in [0.1, 0.15) is 0 Å². The molecule has 0 unspecified atom stereocenters. The normalized spacial score (nSPS) is 15.5. The zero-order valence-electron chi connectivity index (χ0n) is 11.1. The molecule has 0 amide bonds. The molecular formula is C13H23N3O. The van der Waals surface area contributed by atoms with Crippen molar-refractivity contribution < 1.29 is 4.74 Å². The first-order valence-corrected chi connectivity index (χ1v) is 6.53. The number of nitrogens with zero attached hydrogens (tertiary/aromatic N) is 2. The summed E-state index contributed by atoms with van der Waals surface area (Å²) < 4.78 is 7.77. The molecule has 1 aromatic rings. The lowest BCUT2D eigenvalue weighted by atomic mass is 10.2. The summed E-state index contributed by atoms with van der Waals surface area (Å²) in [4.78, 5) is 4.50. The van der Waals surface area contributed by atoms with Crippen LogP contribution >= 0.6 is 0 Å². The highest BCUT2D eigenvalue weighted by atomic mass is 16.5. The Morgan fingerprint density at radius 1 is 1.53 bits per heavy atom. The zero-order chi connectivity index (χ0) is 12.3. The average Bonchev–Trinajstić information content (AvgIpc) is 2.98. The van der Waals surface area contributed by atoms with Crippen LogP contribution in [0.3, 0.4) is 0 Å². The van der Waals surface area contributed by atoms with E-state index < -0.39 is 0 Å². The molecule has 17 heavy (non-hydrogen) atoms. The molecule has 1 fully saturated rings. The van der Waals surface area contributed by atoms with Crippen LogP contribution in [0.25, 0.3) is 0 Å². The van der Waals surface area contributed by atoms with Crippen LogP contribution in [0.15, 0.2) is 6.20 Å². The molecule has 0 saturated heterocycles. The third-order valence-corrected chi connectivity index (χ3v) is 2.74. The predicted octanol–water partition coefficient (Wildman–Crippen LogP) is 2.44. The van der Waals surface area contributed by atoms with E-state index in [9.17, 15) is 0 Å². The quantitative estimate of drug-likeness (QED) is 0.740. The number of aryl methyl sites for hydroxylation is 1. The Kier molecular flexibility index (Phi) is 4.05. The van der Waals surface area contributed by atoms with Crippen LogP contribution in [0, 0.1) is 12.8 Å². The van der Waals surface area contributed by atoms with Crippen molar-refractivity contribution in [3.63, 3.8) is 0 Å². The molecule has 0 atom stereocenters. The van der Waals surface area contributed by atoms with Crippen LogP contribution in [0.2, 0.25) is 0 Å². The standard InChI is InChI=1S/C13H23N3O/c1-10(2)9-17-7-6-16-8-11(3)14-13(16)15-12-4-5-12/h8,10,12H,4-7,9H2,1-3H3,(H,14,15). The number of hydrogen-bond donors (Lipinski definition) is 1. The molecule has 0 bridgehead atoms. The third kappa shape index (κ3) is 4.04. The lowest BCUT2D eigenvalue weighted by Crippen LogP contribution is -2.13. The predicted molar refractivity (Wildman–Crippen MR) is 69.3 cm³/mol. The maximum absolute atomic E-state index is 5.61. The Hall–Kier alpha value is -1.03. The minimum atomic E-state index is 0.601. The molecule has 0 aromatic carbocycles. The van der Waals surface area contributed by atoms with Gasteiger partial charge in [0.2, 0.25) is 5.95 Å². The van der Waals surface area contributed by atoms with Gasteiger partial charge >= 0.3 is 0 Å². The molecule has 1 heterocycles. The molecule has 1 aromatic heterocycles. The highest BCUT2D eigenvalue weighted by molar-refractivity contribution is 5.32. The van der Waals surface area contributed by atoms with E-state index in [4.69, 9.17) is 4.74 Å². The van der Waals surface area contributed by atoms with Gasteiger partial charge in [0, 0.05) is 25.4 Å².